The van der Waals surface area contributed by atoms with Crippen LogP contribution in [0.3, 0.4) is 0 Å². The van der Waals surface area contributed by atoms with Crippen LogP contribution in [0, 0.1) is 17.8 Å². The lowest BCUT2D eigenvalue weighted by Crippen LogP contribution is -2.64. The molecular weight excluding hydrogens is 1220 g/mol. The molecule has 0 aliphatic heterocycles. The first-order valence-electron chi connectivity index (χ1n) is 30.1. The normalized spacial score (nSPS) is 15.8. The Bertz CT molecular complexity index is 2870. The zero-order valence-corrected chi connectivity index (χ0v) is 54.1. The molecule has 2 aromatic carbocycles. The van der Waals surface area contributed by atoms with Crippen molar-refractivity contribution in [2.75, 3.05) is 13.2 Å². The number of primary amides is 1. The van der Waals surface area contributed by atoms with E-state index >= 15 is 0 Å². The largest absolute Gasteiger partial charge is 0.480 e. The van der Waals surface area contributed by atoms with Crippen LogP contribution in [0.2, 0.25) is 0 Å². The smallest absolute Gasteiger partial charge is 0.408 e. The molecule has 33 heteroatoms. The molecule has 0 saturated heterocycles. The third kappa shape index (κ3) is 27.7. The first-order chi connectivity index (χ1) is 43.4. The average molecular weight is 1320 g/mol. The standard InChI is InChI=1S/C60H94N14O19/c1-12-31(6)39(51(83)70-40(33(8)76)52(84)65-32(7)48(80)71-44(46(78)47(61)79)55(87)68-38(27-75)56(88)89)69-49(81)36(24-19-25-64-57(62)63)66-50(82)37(26-29(2)3)67-54(86)43(45(77)30(4)5)72-53(85)42(74-58(90)92-28-34-20-15-13-16-21-34)41(35-22-17-14-18-23-35)73-59(91)93-60(9,10)11/h13-18,20-23,29-33,36-46,75-78H,12,19,24-28H2,1-11H3,(H2,61,79)(H,65,84)(H,66,82)(H,67,86)(H,68,87)(H,69,81)(H,70,83)(H,71,80)(H,72,85)(H,73,91)(H,74,90)(H,88,89)(H4,62,63,64)/t31-,32+,33-,36+,37-,38-,39-,40-,41+,42-,43-,44-,45+,46-/m0/s1. The van der Waals surface area contributed by atoms with E-state index < -0.39 is 174 Å². The number of aliphatic hydroxyl groups excluding tert-OH is 4. The molecule has 0 saturated carbocycles. The number of nitrogens with two attached hydrogens (primary N) is 3. The molecule has 14 atom stereocenters. The van der Waals surface area contributed by atoms with E-state index in [1.54, 1.807) is 109 Å². The third-order valence-electron chi connectivity index (χ3n) is 14.0. The minimum atomic E-state index is -2.45. The molecule has 0 unspecified atom stereocenters. The molecule has 0 aliphatic rings. The van der Waals surface area contributed by atoms with Gasteiger partial charge in [0.2, 0.25) is 53.2 Å². The Morgan fingerprint density at radius 1 is 0.559 bits per heavy atom. The number of amides is 11. The van der Waals surface area contributed by atoms with Gasteiger partial charge in [0.05, 0.1) is 24.9 Å². The van der Waals surface area contributed by atoms with Gasteiger partial charge in [0, 0.05) is 6.54 Å². The maximum absolute atomic E-state index is 14.9. The zero-order valence-electron chi connectivity index (χ0n) is 54.1. The van der Waals surface area contributed by atoms with E-state index in [1.807, 2.05) is 10.6 Å². The summed E-state index contributed by atoms with van der Waals surface area (Å²) in [7, 11) is 0. The number of rotatable bonds is 37. The maximum Gasteiger partial charge on any atom is 0.408 e. The number of alkyl carbamates (subject to hydrolysis) is 2. The van der Waals surface area contributed by atoms with Crippen LogP contribution in [-0.2, 0) is 64.0 Å². The fourth-order valence-electron chi connectivity index (χ4n) is 8.74. The van der Waals surface area contributed by atoms with Crippen LogP contribution in [0.15, 0.2) is 65.7 Å². The van der Waals surface area contributed by atoms with Gasteiger partial charge in [0.25, 0.3) is 0 Å². The number of ether oxygens (including phenoxy) is 2. The Balaban J connectivity index is 2.58. The number of carbonyl (C=O) groups excluding carboxylic acids is 11. The summed E-state index contributed by atoms with van der Waals surface area (Å²) in [6.07, 6.45) is -8.07. The molecule has 0 fully saturated rings. The van der Waals surface area contributed by atoms with E-state index in [0.29, 0.717) is 5.56 Å². The number of nitrogens with one attached hydrogen (secondary N) is 10. The lowest BCUT2D eigenvalue weighted by Gasteiger charge is -2.33. The number of carboxylic acid groups (broad SMARTS) is 1. The molecular formula is C60H94N14O19. The summed E-state index contributed by atoms with van der Waals surface area (Å²) in [6, 6.07) is -0.910. The van der Waals surface area contributed by atoms with Gasteiger partial charge >= 0.3 is 18.2 Å². The fraction of sp³-hybridized carbons (Fsp3) is 0.583. The molecule has 21 N–H and O–H groups in total. The number of guanidine groups is 1. The Kier molecular flexibility index (Phi) is 33.2. The number of hydrogen-bond acceptors (Lipinski definition) is 19. The Morgan fingerprint density at radius 3 is 1.57 bits per heavy atom. The highest BCUT2D eigenvalue weighted by Crippen LogP contribution is 2.21. The minimum Gasteiger partial charge on any atom is -0.480 e. The van der Waals surface area contributed by atoms with Gasteiger partial charge in [-0.1, -0.05) is 109 Å². The Labute approximate surface area is 539 Å². The number of aliphatic carboxylic acids is 1. The third-order valence-corrected chi connectivity index (χ3v) is 14.0. The number of aliphatic imine (C=N–C) groups is 1. The van der Waals surface area contributed by atoms with Gasteiger partial charge in [-0.25, -0.2) is 14.4 Å². The predicted molar refractivity (Wildman–Crippen MR) is 334 cm³/mol. The quantitative estimate of drug-likeness (QED) is 0.0181. The summed E-state index contributed by atoms with van der Waals surface area (Å²) >= 11 is 0. The van der Waals surface area contributed by atoms with Crippen LogP contribution in [0.4, 0.5) is 9.59 Å². The molecule has 518 valence electrons. The summed E-state index contributed by atoms with van der Waals surface area (Å²) in [5.41, 5.74) is 16.1. The molecule has 0 spiro atoms. The van der Waals surface area contributed by atoms with Crippen molar-refractivity contribution < 1.29 is 92.5 Å². The van der Waals surface area contributed by atoms with E-state index in [0.717, 1.165) is 13.8 Å². The highest BCUT2D eigenvalue weighted by molar-refractivity contribution is 6.00. The van der Waals surface area contributed by atoms with Gasteiger partial charge in [-0.15, -0.1) is 0 Å². The van der Waals surface area contributed by atoms with Gasteiger partial charge < -0.3 is 105 Å². The van der Waals surface area contributed by atoms with E-state index in [9.17, 15) is 83.1 Å². The van der Waals surface area contributed by atoms with E-state index in [-0.39, 0.29) is 56.3 Å². The zero-order chi connectivity index (χ0) is 70.6. The molecule has 33 nitrogen and oxygen atoms in total. The van der Waals surface area contributed by atoms with Gasteiger partial charge in [0.15, 0.2) is 12.1 Å². The van der Waals surface area contributed by atoms with Crippen molar-refractivity contribution in [2.45, 2.75) is 193 Å². The van der Waals surface area contributed by atoms with Crippen molar-refractivity contribution in [1.82, 2.24) is 53.2 Å². The monoisotopic (exact) mass is 1310 g/mol. The van der Waals surface area contributed by atoms with Crippen molar-refractivity contribution in [3.8, 4) is 0 Å². The van der Waals surface area contributed by atoms with Crippen LogP contribution in [-0.4, -0.2) is 194 Å². The molecule has 0 heterocycles. The van der Waals surface area contributed by atoms with Crippen molar-refractivity contribution >= 4 is 77.3 Å². The highest BCUT2D eigenvalue weighted by Gasteiger charge is 2.42. The number of carbonyl (C=O) groups is 12. The van der Waals surface area contributed by atoms with Crippen LogP contribution >= 0.6 is 0 Å². The first kappa shape index (κ1) is 79.9. The second-order valence-electron chi connectivity index (χ2n) is 23.9. The van der Waals surface area contributed by atoms with Crippen molar-refractivity contribution in [2.24, 2.45) is 39.9 Å². The minimum absolute atomic E-state index is 0.0303. The summed E-state index contributed by atoms with van der Waals surface area (Å²) in [6.45, 7) is 15.2. The Morgan fingerprint density at radius 2 is 1.05 bits per heavy atom. The highest BCUT2D eigenvalue weighted by atomic mass is 16.6. The second-order valence-corrected chi connectivity index (χ2v) is 23.9. The number of carboxylic acids is 1. The molecule has 0 aromatic heterocycles. The van der Waals surface area contributed by atoms with Crippen LogP contribution in [0.25, 0.3) is 0 Å². The molecule has 2 aromatic rings. The maximum atomic E-state index is 14.9. The van der Waals surface area contributed by atoms with Crippen LogP contribution in [0.1, 0.15) is 119 Å². The second kappa shape index (κ2) is 38.6. The van der Waals surface area contributed by atoms with Crippen molar-refractivity contribution in [3.63, 3.8) is 0 Å². The average Bonchev–Trinajstić information content (AvgIpc) is 0.862. The number of nitrogens with zero attached hydrogens (tertiary/aromatic N) is 1. The van der Waals surface area contributed by atoms with Gasteiger partial charge in [-0.2, -0.15) is 0 Å². The van der Waals surface area contributed by atoms with Gasteiger partial charge in [-0.05, 0) is 82.8 Å². The molecule has 11 amide bonds. The lowest BCUT2D eigenvalue weighted by molar-refractivity contribution is -0.145. The molecule has 93 heavy (non-hydrogen) atoms. The van der Waals surface area contributed by atoms with E-state index in [2.05, 4.69) is 47.5 Å². The van der Waals surface area contributed by atoms with Gasteiger partial charge in [0.1, 0.15) is 66.6 Å². The summed E-state index contributed by atoms with van der Waals surface area (Å²) in [5.74, 6) is -14.6. The molecule has 0 aliphatic carbocycles. The fourth-order valence-corrected chi connectivity index (χ4v) is 8.74. The number of benzene rings is 2. The lowest BCUT2D eigenvalue weighted by atomic mass is 9.95. The number of hydrogen-bond donors (Lipinski definition) is 18. The Hall–Kier alpha value is -9.21. The SMILES string of the molecule is CC[C@H](C)[C@H](NC(=O)[C@@H](CCCN=C(N)N)NC(=O)[C@H](CC(C)C)NC(=O)[C@@H](NC(=O)[C@@H](NC(=O)OCc1ccccc1)[C@H](NC(=O)OC(C)(C)C)c1ccccc1)[C@H](O)C(C)C)C(=O)N[C@H](C(=O)N[C@H](C)C(=O)N[C@H](C(=O)N[C@@H](CO)C(=O)O)[C@H](O)C(N)=O)[C@H](C)O. The molecule has 2 rings (SSSR count). The summed E-state index contributed by atoms with van der Waals surface area (Å²) in [4.78, 5) is 167. The summed E-state index contributed by atoms with van der Waals surface area (Å²) < 4.78 is 11.0. The summed E-state index contributed by atoms with van der Waals surface area (Å²) in [5, 5.41) is 75.2. The van der Waals surface area contributed by atoms with E-state index in [1.165, 1.54) is 13.8 Å². The van der Waals surface area contributed by atoms with E-state index in [4.69, 9.17) is 26.7 Å². The van der Waals surface area contributed by atoms with Crippen LogP contribution < -0.4 is 70.4 Å². The van der Waals surface area contributed by atoms with Crippen LogP contribution in [0.5, 0.6) is 0 Å². The predicted octanol–water partition coefficient (Wildman–Crippen LogP) is -3.09. The topological polar surface area (TPSA) is 535 Å². The van der Waals surface area contributed by atoms with Gasteiger partial charge in [-0.3, -0.25) is 48.1 Å². The van der Waals surface area contributed by atoms with Crippen molar-refractivity contribution in [1.29, 1.82) is 0 Å². The van der Waals surface area contributed by atoms with Crippen molar-refractivity contribution in [3.05, 3.63) is 71.8 Å². The first-order valence-corrected chi connectivity index (χ1v) is 30.1. The molecule has 0 radical (unpaired) electrons. The number of aliphatic hydroxyl groups is 4. The molecule has 0 bridgehead atoms.